The second-order valence-electron chi connectivity index (χ2n) is 7.68. The predicted octanol–water partition coefficient (Wildman–Crippen LogP) is 6.86. The van der Waals surface area contributed by atoms with Crippen LogP contribution in [0.1, 0.15) is 129 Å². The lowest BCUT2D eigenvalue weighted by molar-refractivity contribution is -0.137. The maximum absolute atomic E-state index is 10.4. The third-order valence-electron chi connectivity index (χ3n) is 5.07. The van der Waals surface area contributed by atoms with Crippen LogP contribution in [0.25, 0.3) is 0 Å². The monoisotopic (exact) mass is 356 g/mol. The zero-order valence-corrected chi connectivity index (χ0v) is 16.8. The van der Waals surface area contributed by atoms with Crippen molar-refractivity contribution < 1.29 is 15.0 Å². The summed E-state index contributed by atoms with van der Waals surface area (Å²) in [6, 6.07) is 0. The average molecular weight is 357 g/mol. The molecular formula is C22H44O3. The Kier molecular flexibility index (Phi) is 19.3. The smallest absolute Gasteiger partial charge is 0.303 e. The molecule has 0 aromatic rings. The first-order valence-electron chi connectivity index (χ1n) is 11.1. The number of carbonyl (C=O) groups is 1. The minimum Gasteiger partial charge on any atom is -0.481 e. The van der Waals surface area contributed by atoms with Gasteiger partial charge in [-0.1, -0.05) is 103 Å². The Labute approximate surface area is 156 Å². The van der Waals surface area contributed by atoms with Crippen LogP contribution in [0.15, 0.2) is 0 Å². The van der Waals surface area contributed by atoms with Crippen molar-refractivity contribution in [2.75, 3.05) is 0 Å². The molecule has 1 atom stereocenters. The van der Waals surface area contributed by atoms with Gasteiger partial charge in [0.15, 0.2) is 0 Å². The third kappa shape index (κ3) is 21.4. The fourth-order valence-corrected chi connectivity index (χ4v) is 3.38. The van der Waals surface area contributed by atoms with Crippen LogP contribution in [0.3, 0.4) is 0 Å². The summed E-state index contributed by atoms with van der Waals surface area (Å²) >= 11 is 0. The van der Waals surface area contributed by atoms with Crippen molar-refractivity contribution in [3.05, 3.63) is 0 Å². The molecule has 150 valence electrons. The van der Waals surface area contributed by atoms with Gasteiger partial charge in [0, 0.05) is 6.42 Å². The van der Waals surface area contributed by atoms with E-state index in [1.807, 2.05) is 0 Å². The van der Waals surface area contributed by atoms with Gasteiger partial charge in [0.25, 0.3) is 0 Å². The van der Waals surface area contributed by atoms with Crippen molar-refractivity contribution in [1.29, 1.82) is 0 Å². The van der Waals surface area contributed by atoms with Crippen LogP contribution >= 0.6 is 0 Å². The van der Waals surface area contributed by atoms with Crippen LogP contribution in [-0.2, 0) is 4.79 Å². The molecule has 0 aromatic carbocycles. The van der Waals surface area contributed by atoms with Gasteiger partial charge in [-0.2, -0.15) is 0 Å². The molecule has 3 heteroatoms. The molecular weight excluding hydrogens is 312 g/mol. The topological polar surface area (TPSA) is 57.5 Å². The number of aliphatic carboxylic acids is 1. The van der Waals surface area contributed by atoms with E-state index in [9.17, 15) is 9.90 Å². The van der Waals surface area contributed by atoms with Gasteiger partial charge in [-0.15, -0.1) is 0 Å². The largest absolute Gasteiger partial charge is 0.481 e. The minimum absolute atomic E-state index is 0.0788. The van der Waals surface area contributed by atoms with E-state index in [2.05, 4.69) is 6.92 Å². The molecule has 0 fully saturated rings. The number of hydrogen-bond donors (Lipinski definition) is 2. The highest BCUT2D eigenvalue weighted by Gasteiger charge is 2.03. The Morgan fingerprint density at radius 2 is 1.00 bits per heavy atom. The first-order valence-corrected chi connectivity index (χ1v) is 11.1. The summed E-state index contributed by atoms with van der Waals surface area (Å²) < 4.78 is 0. The molecule has 0 aliphatic rings. The molecule has 0 aromatic heterocycles. The van der Waals surface area contributed by atoms with E-state index in [4.69, 9.17) is 5.11 Å². The van der Waals surface area contributed by atoms with Crippen molar-refractivity contribution >= 4 is 5.97 Å². The molecule has 0 amide bonds. The first-order chi connectivity index (χ1) is 12.2. The van der Waals surface area contributed by atoms with Crippen molar-refractivity contribution in [1.82, 2.24) is 0 Å². The number of aliphatic hydroxyl groups is 1. The lowest BCUT2D eigenvalue weighted by Gasteiger charge is -2.10. The van der Waals surface area contributed by atoms with Crippen LogP contribution < -0.4 is 0 Å². The highest BCUT2D eigenvalue weighted by molar-refractivity contribution is 5.66. The SMILES string of the molecule is CCCCCCCCCC(O)CCCCCCCCCCCC(=O)O. The van der Waals surface area contributed by atoms with Crippen molar-refractivity contribution in [3.63, 3.8) is 0 Å². The maximum atomic E-state index is 10.4. The molecule has 2 N–H and O–H groups in total. The van der Waals surface area contributed by atoms with Gasteiger partial charge >= 0.3 is 5.97 Å². The van der Waals surface area contributed by atoms with Gasteiger partial charge in [0.2, 0.25) is 0 Å². The summed E-state index contributed by atoms with van der Waals surface area (Å²) in [7, 11) is 0. The quantitative estimate of drug-likeness (QED) is 0.234. The molecule has 0 radical (unpaired) electrons. The molecule has 0 heterocycles. The highest BCUT2D eigenvalue weighted by Crippen LogP contribution is 2.15. The summed E-state index contributed by atoms with van der Waals surface area (Å²) in [4.78, 5) is 10.4. The van der Waals surface area contributed by atoms with E-state index in [1.54, 1.807) is 0 Å². The van der Waals surface area contributed by atoms with Gasteiger partial charge < -0.3 is 10.2 Å². The zero-order chi connectivity index (χ0) is 18.6. The summed E-state index contributed by atoms with van der Waals surface area (Å²) in [5.41, 5.74) is 0. The van der Waals surface area contributed by atoms with Crippen LogP contribution in [0.4, 0.5) is 0 Å². The molecule has 1 unspecified atom stereocenters. The van der Waals surface area contributed by atoms with Gasteiger partial charge in [-0.3, -0.25) is 4.79 Å². The summed E-state index contributed by atoms with van der Waals surface area (Å²) in [5.74, 6) is -0.672. The Morgan fingerprint density at radius 3 is 1.40 bits per heavy atom. The van der Waals surface area contributed by atoms with Crippen LogP contribution in [-0.4, -0.2) is 22.3 Å². The van der Waals surface area contributed by atoms with E-state index < -0.39 is 5.97 Å². The van der Waals surface area contributed by atoms with E-state index in [-0.39, 0.29) is 6.10 Å². The Hall–Kier alpha value is -0.570. The normalized spacial score (nSPS) is 12.4. The average Bonchev–Trinajstić information content (AvgIpc) is 2.58. The number of aliphatic hydroxyl groups excluding tert-OH is 1. The number of carboxylic acid groups (broad SMARTS) is 1. The summed E-state index contributed by atoms with van der Waals surface area (Å²) in [6.45, 7) is 2.25. The molecule has 0 aliphatic carbocycles. The second kappa shape index (κ2) is 19.8. The van der Waals surface area contributed by atoms with Crippen molar-refractivity contribution in [2.24, 2.45) is 0 Å². The molecule has 3 nitrogen and oxygen atoms in total. The zero-order valence-electron chi connectivity index (χ0n) is 16.8. The van der Waals surface area contributed by atoms with Crippen LogP contribution in [0.5, 0.6) is 0 Å². The fraction of sp³-hybridized carbons (Fsp3) is 0.955. The lowest BCUT2D eigenvalue weighted by atomic mass is 10.0. The van der Waals surface area contributed by atoms with E-state index in [0.29, 0.717) is 6.42 Å². The predicted molar refractivity (Wildman–Crippen MR) is 107 cm³/mol. The van der Waals surface area contributed by atoms with E-state index in [1.165, 1.54) is 83.5 Å². The molecule has 25 heavy (non-hydrogen) atoms. The van der Waals surface area contributed by atoms with Gasteiger partial charge in [0.05, 0.1) is 6.10 Å². The van der Waals surface area contributed by atoms with E-state index >= 15 is 0 Å². The van der Waals surface area contributed by atoms with Crippen molar-refractivity contribution in [3.8, 4) is 0 Å². The van der Waals surface area contributed by atoms with Crippen molar-refractivity contribution in [2.45, 2.75) is 135 Å². The van der Waals surface area contributed by atoms with Crippen LogP contribution in [0, 0.1) is 0 Å². The first kappa shape index (κ1) is 24.4. The molecule has 0 aliphatic heterocycles. The van der Waals surface area contributed by atoms with Gasteiger partial charge in [0.1, 0.15) is 0 Å². The molecule has 0 spiro atoms. The van der Waals surface area contributed by atoms with Gasteiger partial charge in [-0.25, -0.2) is 0 Å². The van der Waals surface area contributed by atoms with Gasteiger partial charge in [-0.05, 0) is 19.3 Å². The highest BCUT2D eigenvalue weighted by atomic mass is 16.4. The number of rotatable bonds is 20. The number of hydrogen-bond acceptors (Lipinski definition) is 2. The summed E-state index contributed by atoms with van der Waals surface area (Å²) in [5, 5.41) is 18.6. The Balaban J connectivity index is 3.14. The Bertz CT molecular complexity index is 278. The third-order valence-corrected chi connectivity index (χ3v) is 5.07. The molecule has 0 saturated carbocycles. The Morgan fingerprint density at radius 1 is 0.640 bits per heavy atom. The number of unbranched alkanes of at least 4 members (excludes halogenated alkanes) is 14. The fourth-order valence-electron chi connectivity index (χ4n) is 3.38. The van der Waals surface area contributed by atoms with Crippen LogP contribution in [0.2, 0.25) is 0 Å². The standard InChI is InChI=1S/C22H44O3/c1-2-3-4-5-9-12-15-18-21(23)19-16-13-10-7-6-8-11-14-17-20-22(24)25/h21,23H,2-20H2,1H3,(H,24,25). The minimum atomic E-state index is -0.672. The molecule has 0 rings (SSSR count). The second-order valence-corrected chi connectivity index (χ2v) is 7.68. The summed E-state index contributed by atoms with van der Waals surface area (Å²) in [6.07, 6.45) is 22.0. The van der Waals surface area contributed by atoms with E-state index in [0.717, 1.165) is 32.1 Å². The number of carboxylic acids is 1. The molecule has 0 saturated heterocycles. The maximum Gasteiger partial charge on any atom is 0.303 e. The lowest BCUT2D eigenvalue weighted by Crippen LogP contribution is -2.05. The molecule has 0 bridgehead atoms.